The van der Waals surface area contributed by atoms with E-state index in [0.29, 0.717) is 11.3 Å². The second-order valence-electron chi connectivity index (χ2n) is 6.41. The molecule has 0 fully saturated rings. The van der Waals surface area contributed by atoms with E-state index in [1.807, 2.05) is 18.2 Å². The van der Waals surface area contributed by atoms with E-state index < -0.39 is 0 Å². The third-order valence-corrected chi connectivity index (χ3v) is 4.41. The lowest BCUT2D eigenvalue weighted by Gasteiger charge is -2.23. The normalized spacial score (nSPS) is 10.8. The molecule has 0 saturated carbocycles. The Bertz CT molecular complexity index is 919. The van der Waals surface area contributed by atoms with Gasteiger partial charge in [0.15, 0.2) is 0 Å². The second kappa shape index (κ2) is 9.37. The number of benzene rings is 3. The third kappa shape index (κ3) is 5.20. The maximum Gasteiger partial charge on any atom is 0.271 e. The van der Waals surface area contributed by atoms with Gasteiger partial charge in [-0.05, 0) is 54.4 Å². The molecule has 0 aliphatic heterocycles. The van der Waals surface area contributed by atoms with Crippen molar-refractivity contribution in [3.63, 3.8) is 0 Å². The van der Waals surface area contributed by atoms with Gasteiger partial charge < -0.3 is 10.6 Å². The van der Waals surface area contributed by atoms with Crippen LogP contribution in [0.15, 0.2) is 84.0 Å². The van der Waals surface area contributed by atoms with Gasteiger partial charge in [-0.25, -0.2) is 5.43 Å². The molecule has 3 rings (SSSR count). The van der Waals surface area contributed by atoms with Gasteiger partial charge in [0.1, 0.15) is 0 Å². The van der Waals surface area contributed by atoms with Crippen LogP contribution in [0.3, 0.4) is 0 Å². The molecule has 3 N–H and O–H groups in total. The molecule has 5 heteroatoms. The van der Waals surface area contributed by atoms with Crippen LogP contribution in [-0.4, -0.2) is 18.7 Å². The van der Waals surface area contributed by atoms with Gasteiger partial charge in [-0.1, -0.05) is 42.5 Å². The van der Waals surface area contributed by atoms with E-state index in [1.165, 1.54) is 5.56 Å². The first-order chi connectivity index (χ1) is 13.7. The van der Waals surface area contributed by atoms with Crippen molar-refractivity contribution in [2.24, 2.45) is 5.10 Å². The lowest BCUT2D eigenvalue weighted by Crippen LogP contribution is -2.21. The van der Waals surface area contributed by atoms with Crippen molar-refractivity contribution in [3.05, 3.63) is 95.6 Å². The van der Waals surface area contributed by atoms with E-state index in [0.717, 1.165) is 24.3 Å². The summed E-state index contributed by atoms with van der Waals surface area (Å²) < 4.78 is 0. The molecule has 0 unspecified atom stereocenters. The van der Waals surface area contributed by atoms with Crippen LogP contribution in [0.5, 0.6) is 0 Å². The summed E-state index contributed by atoms with van der Waals surface area (Å²) in [6, 6.07) is 25.2. The number of carbonyl (C=O) groups excluding carboxylic acids is 1. The smallest absolute Gasteiger partial charge is 0.271 e. The van der Waals surface area contributed by atoms with Crippen LogP contribution in [0.4, 0.5) is 11.4 Å². The highest BCUT2D eigenvalue weighted by molar-refractivity contribution is 5.95. The number of anilines is 2. The number of amides is 1. The number of hydrogen-bond donors (Lipinski definition) is 2. The summed E-state index contributed by atoms with van der Waals surface area (Å²) in [5.41, 5.74) is 12.6. The molecule has 0 saturated heterocycles. The number of nitrogens with two attached hydrogens (primary N) is 1. The fourth-order valence-corrected chi connectivity index (χ4v) is 2.83. The standard InChI is InChI=1S/C23H24N4O/c1-2-27(17-19-6-4-3-5-7-19)22-14-8-18(9-15-22)16-25-26-23(28)20-10-12-21(24)13-11-20/h3-16H,2,17,24H2,1H3,(H,26,28). The maximum atomic E-state index is 12.0. The van der Waals surface area contributed by atoms with Crippen LogP contribution >= 0.6 is 0 Å². The molecule has 0 heterocycles. The zero-order chi connectivity index (χ0) is 19.8. The van der Waals surface area contributed by atoms with Gasteiger partial charge in [0.2, 0.25) is 0 Å². The quantitative estimate of drug-likeness (QED) is 0.373. The van der Waals surface area contributed by atoms with E-state index in [2.05, 4.69) is 58.7 Å². The van der Waals surface area contributed by atoms with Crippen molar-refractivity contribution in [1.29, 1.82) is 0 Å². The molecule has 3 aromatic rings. The third-order valence-electron chi connectivity index (χ3n) is 4.41. The fraction of sp³-hybridized carbons (Fsp3) is 0.130. The van der Waals surface area contributed by atoms with Crippen molar-refractivity contribution in [2.45, 2.75) is 13.5 Å². The summed E-state index contributed by atoms with van der Waals surface area (Å²) in [4.78, 5) is 14.3. The van der Waals surface area contributed by atoms with E-state index in [-0.39, 0.29) is 5.91 Å². The van der Waals surface area contributed by atoms with Crippen molar-refractivity contribution in [2.75, 3.05) is 17.2 Å². The lowest BCUT2D eigenvalue weighted by atomic mass is 10.1. The van der Waals surface area contributed by atoms with Crippen LogP contribution in [0, 0.1) is 0 Å². The van der Waals surface area contributed by atoms with Crippen molar-refractivity contribution >= 4 is 23.5 Å². The minimum Gasteiger partial charge on any atom is -0.399 e. The summed E-state index contributed by atoms with van der Waals surface area (Å²) in [6.45, 7) is 3.92. The Labute approximate surface area is 165 Å². The molecule has 0 aliphatic carbocycles. The van der Waals surface area contributed by atoms with Gasteiger partial charge in [0.05, 0.1) is 6.21 Å². The first kappa shape index (κ1) is 19.2. The summed E-state index contributed by atoms with van der Waals surface area (Å²) in [5, 5.41) is 4.03. The van der Waals surface area contributed by atoms with Crippen molar-refractivity contribution in [1.82, 2.24) is 5.43 Å². The Morgan fingerprint density at radius 2 is 1.68 bits per heavy atom. The summed E-state index contributed by atoms with van der Waals surface area (Å²) in [6.07, 6.45) is 1.63. The minimum atomic E-state index is -0.270. The number of rotatable bonds is 7. The highest BCUT2D eigenvalue weighted by Gasteiger charge is 2.05. The first-order valence-corrected chi connectivity index (χ1v) is 9.23. The molecular formula is C23H24N4O. The van der Waals surface area contributed by atoms with Crippen LogP contribution < -0.4 is 16.1 Å². The van der Waals surface area contributed by atoms with Crippen LogP contribution in [-0.2, 0) is 6.54 Å². The van der Waals surface area contributed by atoms with Gasteiger partial charge in [-0.2, -0.15) is 5.10 Å². The average molecular weight is 372 g/mol. The van der Waals surface area contributed by atoms with Gasteiger partial charge in [-0.15, -0.1) is 0 Å². The van der Waals surface area contributed by atoms with E-state index in [9.17, 15) is 4.79 Å². The Hall–Kier alpha value is -3.60. The van der Waals surface area contributed by atoms with Crippen molar-refractivity contribution < 1.29 is 4.79 Å². The lowest BCUT2D eigenvalue weighted by molar-refractivity contribution is 0.0955. The second-order valence-corrected chi connectivity index (χ2v) is 6.41. The SMILES string of the molecule is CCN(Cc1ccccc1)c1ccc(C=NNC(=O)c2ccc(N)cc2)cc1. The molecule has 1 amide bonds. The number of nitrogens with one attached hydrogen (secondary N) is 1. The molecule has 3 aromatic carbocycles. The average Bonchev–Trinajstić information content (AvgIpc) is 2.74. The van der Waals surface area contributed by atoms with Crippen molar-refractivity contribution in [3.8, 4) is 0 Å². The zero-order valence-corrected chi connectivity index (χ0v) is 15.9. The van der Waals surface area contributed by atoms with Gasteiger partial charge >= 0.3 is 0 Å². The Morgan fingerprint density at radius 1 is 1.00 bits per heavy atom. The predicted octanol–water partition coefficient (Wildman–Crippen LogP) is 4.06. The Kier molecular flexibility index (Phi) is 6.41. The summed E-state index contributed by atoms with van der Waals surface area (Å²) >= 11 is 0. The maximum absolute atomic E-state index is 12.0. The van der Waals surface area contributed by atoms with Crippen LogP contribution in [0.2, 0.25) is 0 Å². The fourth-order valence-electron chi connectivity index (χ4n) is 2.83. The van der Waals surface area contributed by atoms with Gasteiger partial charge in [0, 0.05) is 30.0 Å². The Balaban J connectivity index is 1.59. The predicted molar refractivity (Wildman–Crippen MR) is 116 cm³/mol. The number of carbonyl (C=O) groups is 1. The number of nitrogen functional groups attached to an aromatic ring is 1. The topological polar surface area (TPSA) is 70.7 Å². The molecular weight excluding hydrogens is 348 g/mol. The molecule has 0 atom stereocenters. The molecule has 0 aliphatic rings. The van der Waals surface area contributed by atoms with Gasteiger partial charge in [0.25, 0.3) is 5.91 Å². The molecule has 0 aromatic heterocycles. The molecule has 0 radical (unpaired) electrons. The molecule has 142 valence electrons. The largest absolute Gasteiger partial charge is 0.399 e. The van der Waals surface area contributed by atoms with E-state index in [1.54, 1.807) is 30.5 Å². The number of nitrogens with zero attached hydrogens (tertiary/aromatic N) is 2. The summed E-state index contributed by atoms with van der Waals surface area (Å²) in [5.74, 6) is -0.270. The molecule has 0 spiro atoms. The highest BCUT2D eigenvalue weighted by Crippen LogP contribution is 2.17. The van der Waals surface area contributed by atoms with Crippen LogP contribution in [0.1, 0.15) is 28.4 Å². The van der Waals surface area contributed by atoms with E-state index >= 15 is 0 Å². The first-order valence-electron chi connectivity index (χ1n) is 9.23. The minimum absolute atomic E-state index is 0.270. The molecule has 28 heavy (non-hydrogen) atoms. The van der Waals surface area contributed by atoms with Gasteiger partial charge in [-0.3, -0.25) is 4.79 Å². The number of hydrogen-bond acceptors (Lipinski definition) is 4. The zero-order valence-electron chi connectivity index (χ0n) is 15.9. The summed E-state index contributed by atoms with van der Waals surface area (Å²) in [7, 11) is 0. The number of hydrazone groups is 1. The monoisotopic (exact) mass is 372 g/mol. The molecule has 5 nitrogen and oxygen atoms in total. The molecule has 0 bridgehead atoms. The Morgan fingerprint density at radius 3 is 2.32 bits per heavy atom. The highest BCUT2D eigenvalue weighted by atomic mass is 16.2. The van der Waals surface area contributed by atoms with Crippen LogP contribution in [0.25, 0.3) is 0 Å². The van der Waals surface area contributed by atoms with E-state index in [4.69, 9.17) is 5.73 Å².